The SMILES string of the molecule is CC(=O)OC[C@H]1O[C@@H](OCc2cn(CCCC(=O)O[C@H]3C[C@@H]4C(=CC[C@@H]5[C@@]4(C)C(=O)C[C@]4(C)[C@@H]([C@@](C)(O)C(=O)CCC(C)(C)OC(C)=O)C(=O)C[C@@]54C)C(C)(C)C3=O)nn2)[C@@H](OC(C)=O)[C@@H](OC(C)=O)[C@@H]1OC(C)=O. The Balaban J connectivity index is 1.11. The Morgan fingerprint density at radius 1 is 0.800 bits per heavy atom. The van der Waals surface area contributed by atoms with Crippen molar-refractivity contribution in [1.29, 1.82) is 0 Å². The number of nitrogens with zero attached hydrogens (tertiary/aromatic N) is 3. The number of rotatable bonds is 19. The Hall–Kier alpha value is -5.74. The van der Waals surface area contributed by atoms with Crippen LogP contribution in [0.4, 0.5) is 0 Å². The van der Waals surface area contributed by atoms with Gasteiger partial charge in [0.05, 0.1) is 18.7 Å². The van der Waals surface area contributed by atoms with E-state index in [1.165, 1.54) is 24.7 Å². The molecule has 0 aromatic carbocycles. The lowest BCUT2D eigenvalue weighted by molar-refractivity contribution is -0.310. The van der Waals surface area contributed by atoms with Gasteiger partial charge in [-0.05, 0) is 83.0 Å². The van der Waals surface area contributed by atoms with Gasteiger partial charge in [-0.3, -0.25) is 52.6 Å². The van der Waals surface area contributed by atoms with Crippen LogP contribution in [-0.2, 0) is 99.0 Å². The van der Waals surface area contributed by atoms with Crippen LogP contribution in [0, 0.1) is 39.4 Å². The highest BCUT2D eigenvalue weighted by Crippen LogP contribution is 2.73. The second-order valence-electron chi connectivity index (χ2n) is 22.9. The number of aryl methyl sites for hydroxylation is 1. The molecule has 13 atom stereocenters. The van der Waals surface area contributed by atoms with E-state index in [0.717, 1.165) is 33.3 Å². The van der Waals surface area contributed by atoms with E-state index >= 15 is 0 Å². The first-order chi connectivity index (χ1) is 34.7. The molecular formula is C53H73N3O19. The summed E-state index contributed by atoms with van der Waals surface area (Å²) in [6.45, 7) is 19.0. The van der Waals surface area contributed by atoms with Crippen LogP contribution >= 0.6 is 0 Å². The van der Waals surface area contributed by atoms with Gasteiger partial charge in [-0.1, -0.05) is 37.6 Å². The molecule has 5 aliphatic rings. The predicted molar refractivity (Wildman–Crippen MR) is 257 cm³/mol. The van der Waals surface area contributed by atoms with Crippen LogP contribution in [0.15, 0.2) is 17.8 Å². The fraction of sp³-hybridized carbons (Fsp3) is 0.736. The first kappa shape index (κ1) is 58.5. The topological polar surface area (TPSA) is 295 Å². The van der Waals surface area contributed by atoms with E-state index in [4.69, 9.17) is 37.9 Å². The van der Waals surface area contributed by atoms with Crippen molar-refractivity contribution in [1.82, 2.24) is 15.0 Å². The molecule has 1 aromatic heterocycles. The van der Waals surface area contributed by atoms with E-state index < -0.39 is 136 Å². The first-order valence-corrected chi connectivity index (χ1v) is 25.5. The molecule has 1 N–H and O–H groups in total. The third kappa shape index (κ3) is 11.7. The smallest absolute Gasteiger partial charge is 0.306 e. The van der Waals surface area contributed by atoms with E-state index in [1.54, 1.807) is 27.7 Å². The molecule has 0 amide bonds. The van der Waals surface area contributed by atoms with E-state index in [1.807, 2.05) is 26.8 Å². The molecule has 0 bridgehead atoms. The fourth-order valence-electron chi connectivity index (χ4n) is 13.0. The molecule has 1 saturated heterocycles. The normalized spacial score (nSPS) is 32.8. The summed E-state index contributed by atoms with van der Waals surface area (Å²) >= 11 is 0. The number of ether oxygens (including phenoxy) is 8. The van der Waals surface area contributed by atoms with Crippen LogP contribution in [-0.4, -0.2) is 134 Å². The average molecular weight is 1060 g/mol. The number of aliphatic hydroxyl groups is 1. The summed E-state index contributed by atoms with van der Waals surface area (Å²) in [6, 6.07) is 0. The Labute approximate surface area is 435 Å². The largest absolute Gasteiger partial charge is 0.463 e. The van der Waals surface area contributed by atoms with E-state index in [0.29, 0.717) is 6.42 Å². The molecule has 414 valence electrons. The van der Waals surface area contributed by atoms with Gasteiger partial charge in [-0.25, -0.2) is 0 Å². The number of esters is 6. The maximum Gasteiger partial charge on any atom is 0.306 e. The minimum atomic E-state index is -2.12. The number of hydrogen-bond acceptors (Lipinski definition) is 21. The highest BCUT2D eigenvalue weighted by atomic mass is 16.7. The molecule has 4 fully saturated rings. The summed E-state index contributed by atoms with van der Waals surface area (Å²) in [5.41, 5.74) is -6.26. The quantitative estimate of drug-likeness (QED) is 0.116. The molecule has 6 rings (SSSR count). The number of aromatic nitrogens is 3. The standard InChI is InChI=1S/C53H73N3O19/c1-27(57)68-26-37-42(70-28(2)58)43(71-29(3)59)44(72-30(4)60)47(74-37)69-25-32-24-56(55-54-32)20-14-15-41(65)73-36-21-34-33(49(8,9)46(36)66)16-17-38-50(10)22-35(62)45(51(50,11)23-40(64)52(34,38)12)53(13,67)39(63)18-19-48(6,7)75-31(5)61/h16,24,34,36-38,42-45,47,67H,14-15,17-23,25-26H2,1-13H3/t34-,36+,37-,38+,42-,43+,44+,45+,47-,50+,51-,52+,53+/m1/s1. The van der Waals surface area contributed by atoms with Gasteiger partial charge in [0.25, 0.3) is 0 Å². The number of hydrogen-bond donors (Lipinski definition) is 1. The maximum atomic E-state index is 15.0. The third-order valence-electron chi connectivity index (χ3n) is 16.7. The van der Waals surface area contributed by atoms with Crippen molar-refractivity contribution in [2.24, 2.45) is 39.4 Å². The summed E-state index contributed by atoms with van der Waals surface area (Å²) in [4.78, 5) is 131. The first-order valence-electron chi connectivity index (χ1n) is 25.5. The zero-order valence-electron chi connectivity index (χ0n) is 45.3. The summed E-state index contributed by atoms with van der Waals surface area (Å²) in [5.74, 6) is -7.74. The lowest BCUT2D eigenvalue weighted by Crippen LogP contribution is -2.65. The van der Waals surface area contributed by atoms with Gasteiger partial charge in [0, 0.05) is 77.7 Å². The van der Waals surface area contributed by atoms with Crippen molar-refractivity contribution in [3.63, 3.8) is 0 Å². The van der Waals surface area contributed by atoms with Crippen molar-refractivity contribution < 1.29 is 90.9 Å². The number of fused-ring (bicyclic) bond motifs is 5. The summed E-state index contributed by atoms with van der Waals surface area (Å²) in [6.07, 6.45) is -4.20. The molecule has 1 aromatic rings. The lowest BCUT2D eigenvalue weighted by Gasteiger charge is -2.64. The fourth-order valence-corrected chi connectivity index (χ4v) is 13.0. The third-order valence-corrected chi connectivity index (χ3v) is 16.7. The Morgan fingerprint density at radius 2 is 1.43 bits per heavy atom. The Morgan fingerprint density at radius 3 is 2.04 bits per heavy atom. The van der Waals surface area contributed by atoms with Gasteiger partial charge in [0.1, 0.15) is 41.2 Å². The van der Waals surface area contributed by atoms with Gasteiger partial charge in [-0.15, -0.1) is 5.10 Å². The molecule has 22 heteroatoms. The van der Waals surface area contributed by atoms with Crippen LogP contribution in [0.1, 0.15) is 147 Å². The number of carbonyl (C=O) groups is 10. The number of allylic oxidation sites excluding steroid dienone is 2. The minimum absolute atomic E-state index is 0.0172. The Kier molecular flexibility index (Phi) is 16.9. The average Bonchev–Trinajstić information content (AvgIpc) is 3.82. The predicted octanol–water partition coefficient (Wildman–Crippen LogP) is 4.15. The molecule has 0 unspecified atom stereocenters. The molecule has 0 radical (unpaired) electrons. The molecule has 0 spiro atoms. The van der Waals surface area contributed by atoms with Crippen molar-refractivity contribution in [2.45, 2.75) is 203 Å². The Bertz CT molecular complexity index is 2510. The van der Waals surface area contributed by atoms with Crippen molar-refractivity contribution in [3.8, 4) is 0 Å². The van der Waals surface area contributed by atoms with E-state index in [2.05, 4.69) is 10.3 Å². The van der Waals surface area contributed by atoms with Gasteiger partial charge in [0.2, 0.25) is 0 Å². The number of Topliss-reactive ketones (excluding diaryl/α,β-unsaturated/α-hetero) is 4. The molecule has 2 heterocycles. The van der Waals surface area contributed by atoms with Crippen molar-refractivity contribution in [3.05, 3.63) is 23.5 Å². The highest BCUT2D eigenvalue weighted by molar-refractivity contribution is 6.00. The van der Waals surface area contributed by atoms with E-state index in [-0.39, 0.29) is 81.1 Å². The van der Waals surface area contributed by atoms with Crippen LogP contribution < -0.4 is 0 Å². The molecular weight excluding hydrogens is 983 g/mol. The maximum absolute atomic E-state index is 15.0. The van der Waals surface area contributed by atoms with Crippen LogP contribution in [0.3, 0.4) is 0 Å². The molecule has 22 nitrogen and oxygen atoms in total. The van der Waals surface area contributed by atoms with Crippen molar-refractivity contribution in [2.75, 3.05) is 6.61 Å². The highest BCUT2D eigenvalue weighted by Gasteiger charge is 2.75. The number of carbonyl (C=O) groups excluding carboxylic acids is 10. The second-order valence-corrected chi connectivity index (χ2v) is 22.9. The van der Waals surface area contributed by atoms with Gasteiger partial charge in [-0.2, -0.15) is 0 Å². The lowest BCUT2D eigenvalue weighted by atomic mass is 9.38. The minimum Gasteiger partial charge on any atom is -0.463 e. The molecule has 3 saturated carbocycles. The van der Waals surface area contributed by atoms with Crippen molar-refractivity contribution >= 4 is 58.9 Å². The summed E-state index contributed by atoms with van der Waals surface area (Å²) < 4.78 is 46.1. The van der Waals surface area contributed by atoms with Crippen LogP contribution in [0.2, 0.25) is 0 Å². The zero-order valence-corrected chi connectivity index (χ0v) is 45.3. The summed E-state index contributed by atoms with van der Waals surface area (Å²) in [7, 11) is 0. The second kappa shape index (κ2) is 21.7. The monoisotopic (exact) mass is 1060 g/mol. The van der Waals surface area contributed by atoms with Gasteiger partial charge >= 0.3 is 35.8 Å². The zero-order chi connectivity index (χ0) is 56.0. The van der Waals surface area contributed by atoms with E-state index in [9.17, 15) is 53.1 Å². The van der Waals surface area contributed by atoms with Crippen LogP contribution in [0.5, 0.6) is 0 Å². The van der Waals surface area contributed by atoms with Gasteiger partial charge < -0.3 is 43.0 Å². The van der Waals surface area contributed by atoms with Gasteiger partial charge in [0.15, 0.2) is 42.3 Å². The summed E-state index contributed by atoms with van der Waals surface area (Å²) in [5, 5.41) is 20.3. The molecule has 4 aliphatic carbocycles. The van der Waals surface area contributed by atoms with Crippen LogP contribution in [0.25, 0.3) is 0 Å². The molecule has 1 aliphatic heterocycles. The molecule has 75 heavy (non-hydrogen) atoms. The number of ketones is 4.